The Balaban J connectivity index is 3.66. The van der Waals surface area contributed by atoms with Crippen LogP contribution in [0.2, 0.25) is 0 Å². The van der Waals surface area contributed by atoms with Gasteiger partial charge in [0.1, 0.15) is 0 Å². The number of nitrogen functional groups attached to an aromatic ring is 1. The summed E-state index contributed by atoms with van der Waals surface area (Å²) < 4.78 is 0. The minimum atomic E-state index is -3.68. The van der Waals surface area contributed by atoms with Gasteiger partial charge in [0.15, 0.2) is 14.8 Å². The third-order valence-corrected chi connectivity index (χ3v) is 2.09. The minimum absolute atomic E-state index is 0.391. The Hall–Kier alpha value is -2.78. The van der Waals surface area contributed by atoms with Gasteiger partial charge in [-0.2, -0.15) is 0 Å². The molecular weight excluding hydrogens is 236 g/mol. The van der Waals surface area contributed by atoms with Gasteiger partial charge in [-0.3, -0.25) is 30.3 Å². The first-order valence-corrected chi connectivity index (χ1v) is 4.13. The third kappa shape index (κ3) is 1.60. The molecule has 0 atom stereocenters. The summed E-state index contributed by atoms with van der Waals surface area (Å²) in [6.07, 6.45) is 0. The zero-order valence-corrected chi connectivity index (χ0v) is 8.18. The van der Waals surface area contributed by atoms with Crippen LogP contribution in [0.25, 0.3) is 0 Å². The Morgan fingerprint density at radius 2 is 1.35 bits per heavy atom. The summed E-state index contributed by atoms with van der Waals surface area (Å²) in [4.78, 5) is 27.4. The monoisotopic (exact) mass is 242 g/mol. The van der Waals surface area contributed by atoms with Crippen molar-refractivity contribution < 1.29 is 14.8 Å². The fourth-order valence-corrected chi connectivity index (χ4v) is 1.30. The van der Waals surface area contributed by atoms with Crippen molar-refractivity contribution in [3.05, 3.63) is 60.2 Å². The maximum absolute atomic E-state index is 10.7. The van der Waals surface area contributed by atoms with Crippen LogP contribution in [0.15, 0.2) is 24.3 Å². The molecule has 0 radical (unpaired) electrons. The minimum Gasteiger partial charge on any atom is -0.398 e. The van der Waals surface area contributed by atoms with Crippen molar-refractivity contribution in [3.8, 4) is 0 Å². The van der Waals surface area contributed by atoms with Crippen LogP contribution in [0.5, 0.6) is 0 Å². The van der Waals surface area contributed by atoms with Crippen molar-refractivity contribution >= 4 is 5.69 Å². The Bertz CT molecular complexity index is 465. The second-order valence-corrected chi connectivity index (χ2v) is 2.99. The molecule has 0 fully saturated rings. The summed E-state index contributed by atoms with van der Waals surface area (Å²) >= 11 is 0. The van der Waals surface area contributed by atoms with E-state index in [0.717, 1.165) is 12.1 Å². The summed E-state index contributed by atoms with van der Waals surface area (Å²) in [5.41, 5.74) is 4.14. The van der Waals surface area contributed by atoms with E-state index < -0.39 is 31.8 Å². The Morgan fingerprint density at radius 3 is 1.71 bits per heavy atom. The average molecular weight is 242 g/mol. The molecule has 10 heteroatoms. The van der Waals surface area contributed by atoms with E-state index in [2.05, 4.69) is 0 Å². The number of nitrogens with two attached hydrogens (primary N) is 1. The van der Waals surface area contributed by atoms with Crippen LogP contribution in [0.4, 0.5) is 5.69 Å². The molecule has 0 aliphatic carbocycles. The van der Waals surface area contributed by atoms with Gasteiger partial charge in [-0.25, -0.2) is 0 Å². The fraction of sp³-hybridized carbons (Fsp3) is 0.143. The number of rotatable bonds is 4. The second kappa shape index (κ2) is 4.00. The highest BCUT2D eigenvalue weighted by Crippen LogP contribution is 2.30. The van der Waals surface area contributed by atoms with Gasteiger partial charge in [0.05, 0.1) is 5.69 Å². The lowest BCUT2D eigenvalue weighted by Gasteiger charge is -2.10. The molecular formula is C7H6N4O6. The molecule has 0 aliphatic rings. The molecule has 0 aliphatic heterocycles. The number of hydrogen-bond donors (Lipinski definition) is 1. The number of para-hydroxylation sites is 1. The Morgan fingerprint density at radius 1 is 0.941 bits per heavy atom. The van der Waals surface area contributed by atoms with E-state index in [1.165, 1.54) is 12.1 Å². The van der Waals surface area contributed by atoms with Crippen molar-refractivity contribution in [1.82, 2.24) is 0 Å². The molecule has 2 N–H and O–H groups in total. The molecule has 1 aromatic rings. The lowest BCUT2D eigenvalue weighted by molar-refractivity contribution is -0.985. The van der Waals surface area contributed by atoms with E-state index in [-0.39, 0.29) is 0 Å². The van der Waals surface area contributed by atoms with Crippen molar-refractivity contribution in [1.29, 1.82) is 0 Å². The van der Waals surface area contributed by atoms with Gasteiger partial charge in [0.2, 0.25) is 5.56 Å². The molecule has 0 heterocycles. The van der Waals surface area contributed by atoms with Gasteiger partial charge in [0.25, 0.3) is 0 Å². The number of nitrogens with zero attached hydrogens (tertiary/aromatic N) is 3. The normalized spacial score (nSPS) is 10.8. The summed E-state index contributed by atoms with van der Waals surface area (Å²) in [5, 5.41) is 32.2. The van der Waals surface area contributed by atoms with Gasteiger partial charge in [0, 0.05) is 0 Å². The lowest BCUT2D eigenvalue weighted by atomic mass is 10.1. The maximum atomic E-state index is 10.7. The molecule has 0 bridgehead atoms. The number of nitro groups is 3. The van der Waals surface area contributed by atoms with Crippen molar-refractivity contribution in [2.75, 3.05) is 5.73 Å². The van der Waals surface area contributed by atoms with E-state index in [0.29, 0.717) is 0 Å². The summed E-state index contributed by atoms with van der Waals surface area (Å²) in [7, 11) is 0. The molecule has 1 rings (SSSR count). The predicted octanol–water partition coefficient (Wildman–Crippen LogP) is 0.209. The topological polar surface area (TPSA) is 155 Å². The summed E-state index contributed by atoms with van der Waals surface area (Å²) in [6.45, 7) is 0. The molecule has 0 amide bonds. The van der Waals surface area contributed by atoms with E-state index in [1.54, 1.807) is 0 Å². The predicted molar refractivity (Wildman–Crippen MR) is 53.5 cm³/mol. The average Bonchev–Trinajstić information content (AvgIpc) is 2.19. The third-order valence-electron chi connectivity index (χ3n) is 2.09. The van der Waals surface area contributed by atoms with E-state index in [9.17, 15) is 30.3 Å². The van der Waals surface area contributed by atoms with Crippen LogP contribution in [0.1, 0.15) is 5.56 Å². The van der Waals surface area contributed by atoms with E-state index in [1.807, 2.05) is 0 Å². The van der Waals surface area contributed by atoms with Crippen LogP contribution < -0.4 is 5.73 Å². The van der Waals surface area contributed by atoms with Gasteiger partial charge >= 0.3 is 5.79 Å². The van der Waals surface area contributed by atoms with E-state index >= 15 is 0 Å². The number of benzene rings is 1. The molecule has 10 nitrogen and oxygen atoms in total. The van der Waals surface area contributed by atoms with Gasteiger partial charge in [-0.15, -0.1) is 0 Å². The zero-order chi connectivity index (χ0) is 13.2. The highest BCUT2D eigenvalue weighted by Gasteiger charge is 2.73. The van der Waals surface area contributed by atoms with Gasteiger partial charge in [-0.1, -0.05) is 12.1 Å². The first kappa shape index (κ1) is 12.3. The van der Waals surface area contributed by atoms with Gasteiger partial charge < -0.3 is 5.73 Å². The standard InChI is InChI=1S/C7H6N4O6/c8-6-4-2-1-3-5(6)7(9(12)13,10(14)15)11(16)17/h1-4H,8H2. The number of hydrogen-bond acceptors (Lipinski definition) is 7. The fourth-order valence-electron chi connectivity index (χ4n) is 1.30. The summed E-state index contributed by atoms with van der Waals surface area (Å²) in [5.74, 6) is -3.68. The smallest absolute Gasteiger partial charge is 0.398 e. The van der Waals surface area contributed by atoms with Crippen molar-refractivity contribution in [2.45, 2.75) is 5.79 Å². The first-order chi connectivity index (χ1) is 7.85. The van der Waals surface area contributed by atoms with Crippen molar-refractivity contribution in [3.63, 3.8) is 0 Å². The maximum Gasteiger partial charge on any atom is 0.730 e. The van der Waals surface area contributed by atoms with Crippen LogP contribution in [0, 0.1) is 30.3 Å². The Labute approximate surface area is 93.1 Å². The number of anilines is 1. The molecule has 0 aromatic heterocycles. The second-order valence-electron chi connectivity index (χ2n) is 2.99. The zero-order valence-electron chi connectivity index (χ0n) is 8.18. The molecule has 0 unspecified atom stereocenters. The van der Waals surface area contributed by atoms with Crippen LogP contribution in [-0.2, 0) is 5.79 Å². The highest BCUT2D eigenvalue weighted by atomic mass is 16.7. The SMILES string of the molecule is Nc1ccccc1C([N+](=O)[O-])([N+](=O)[O-])[N+](=O)[O-]. The van der Waals surface area contributed by atoms with E-state index in [4.69, 9.17) is 5.73 Å². The molecule has 1 aromatic carbocycles. The highest BCUT2D eigenvalue weighted by molar-refractivity contribution is 5.47. The quantitative estimate of drug-likeness (QED) is 0.342. The molecule has 0 saturated heterocycles. The van der Waals surface area contributed by atoms with Crippen molar-refractivity contribution in [2.24, 2.45) is 0 Å². The van der Waals surface area contributed by atoms with Crippen LogP contribution in [-0.4, -0.2) is 14.8 Å². The van der Waals surface area contributed by atoms with Crippen LogP contribution >= 0.6 is 0 Å². The molecule has 17 heavy (non-hydrogen) atoms. The molecule has 0 spiro atoms. The Kier molecular flexibility index (Phi) is 2.89. The first-order valence-electron chi connectivity index (χ1n) is 4.13. The lowest BCUT2D eigenvalue weighted by Crippen LogP contribution is -2.50. The van der Waals surface area contributed by atoms with Gasteiger partial charge in [-0.05, 0) is 12.1 Å². The molecule has 0 saturated carbocycles. The molecule has 90 valence electrons. The van der Waals surface area contributed by atoms with Crippen LogP contribution in [0.3, 0.4) is 0 Å². The summed E-state index contributed by atoms with van der Waals surface area (Å²) in [6, 6.07) is 4.53. The largest absolute Gasteiger partial charge is 0.730 e.